The molecular formula is C3H8NO3PS. The lowest BCUT2D eigenvalue weighted by molar-refractivity contribution is -0.117. The van der Waals surface area contributed by atoms with Gasteiger partial charge in [-0.15, -0.1) is 0 Å². The van der Waals surface area contributed by atoms with E-state index in [1.807, 2.05) is 0 Å². The normalized spacial score (nSPS) is 16.3. The highest BCUT2D eigenvalue weighted by atomic mass is 32.5. The maximum absolute atomic E-state index is 10.2. The van der Waals surface area contributed by atoms with Gasteiger partial charge in [0.2, 0.25) is 5.91 Å². The molecule has 0 aliphatic rings. The van der Waals surface area contributed by atoms with Crippen LogP contribution in [0.5, 0.6) is 0 Å². The third-order valence-electron chi connectivity index (χ3n) is 0.546. The first-order chi connectivity index (χ1) is 3.98. The van der Waals surface area contributed by atoms with E-state index in [4.69, 9.17) is 4.89 Å². The first-order valence-electron chi connectivity index (χ1n) is 2.15. The predicted octanol–water partition coefficient (Wildman–Crippen LogP) is -0.0143. The Labute approximate surface area is 58.4 Å². The Bertz CT molecular complexity index is 159. The molecule has 2 N–H and O–H groups in total. The number of amides is 1. The van der Waals surface area contributed by atoms with E-state index < -0.39 is 6.64 Å². The molecule has 0 bridgehead atoms. The second-order valence-corrected chi connectivity index (χ2v) is 4.49. The van der Waals surface area contributed by atoms with Gasteiger partial charge in [0.15, 0.2) is 0 Å². The van der Waals surface area contributed by atoms with E-state index >= 15 is 0 Å². The molecule has 0 rings (SSSR count). The van der Waals surface area contributed by atoms with E-state index in [1.165, 1.54) is 14.0 Å². The van der Waals surface area contributed by atoms with Gasteiger partial charge < -0.3 is 9.42 Å². The summed E-state index contributed by atoms with van der Waals surface area (Å²) in [5, 5.41) is 2.09. The topological polar surface area (TPSA) is 58.6 Å². The van der Waals surface area contributed by atoms with Gasteiger partial charge >= 0.3 is 0 Å². The molecule has 1 atom stereocenters. The van der Waals surface area contributed by atoms with E-state index in [0.29, 0.717) is 0 Å². The molecule has 0 aromatic carbocycles. The van der Waals surface area contributed by atoms with Crippen LogP contribution in [0.1, 0.15) is 6.92 Å². The number of nitrogens with one attached hydrogen (secondary N) is 1. The number of rotatable bonds is 2. The monoisotopic (exact) mass is 169 g/mol. The van der Waals surface area contributed by atoms with E-state index in [0.717, 1.165) is 0 Å². The zero-order chi connectivity index (χ0) is 7.49. The lowest BCUT2D eigenvalue weighted by Gasteiger charge is -2.11. The van der Waals surface area contributed by atoms with E-state index in [-0.39, 0.29) is 5.91 Å². The SMILES string of the molecule is COP(O)(=S)NC(C)=O. The average Bonchev–Trinajstić information content (AvgIpc) is 1.63. The van der Waals surface area contributed by atoms with Crippen LogP contribution in [0.15, 0.2) is 0 Å². The van der Waals surface area contributed by atoms with Crippen LogP contribution >= 0.6 is 6.64 Å². The minimum Gasteiger partial charge on any atom is -0.329 e. The molecule has 0 saturated carbocycles. The van der Waals surface area contributed by atoms with Crippen LogP contribution in [0.2, 0.25) is 0 Å². The van der Waals surface area contributed by atoms with Crippen molar-refractivity contribution in [3.05, 3.63) is 0 Å². The zero-order valence-corrected chi connectivity index (χ0v) is 6.83. The van der Waals surface area contributed by atoms with Gasteiger partial charge in [0.1, 0.15) is 0 Å². The Morgan fingerprint density at radius 1 is 1.89 bits per heavy atom. The Kier molecular flexibility index (Phi) is 3.28. The van der Waals surface area contributed by atoms with Crippen molar-refractivity contribution in [2.45, 2.75) is 6.92 Å². The van der Waals surface area contributed by atoms with Crippen LogP contribution in [0.4, 0.5) is 0 Å². The summed E-state index contributed by atoms with van der Waals surface area (Å²) in [7, 11) is 1.25. The number of carbonyl (C=O) groups is 1. The fourth-order valence-corrected chi connectivity index (χ4v) is 1.12. The van der Waals surface area contributed by atoms with Crippen LogP contribution in [0.3, 0.4) is 0 Å². The summed E-state index contributed by atoms with van der Waals surface area (Å²) < 4.78 is 4.40. The molecule has 0 aliphatic carbocycles. The largest absolute Gasteiger partial charge is 0.329 e. The number of hydrogen-bond donors (Lipinski definition) is 2. The molecule has 0 heterocycles. The summed E-state index contributed by atoms with van der Waals surface area (Å²) in [6.07, 6.45) is 0. The molecule has 0 spiro atoms. The molecule has 6 heteroatoms. The molecule has 0 saturated heterocycles. The number of carbonyl (C=O) groups excluding carboxylic acids is 1. The fourth-order valence-electron chi connectivity index (χ4n) is 0.245. The summed E-state index contributed by atoms with van der Waals surface area (Å²) in [4.78, 5) is 19.1. The van der Waals surface area contributed by atoms with Crippen LogP contribution in [0.25, 0.3) is 0 Å². The van der Waals surface area contributed by atoms with Gasteiger partial charge in [-0.3, -0.25) is 9.88 Å². The molecular weight excluding hydrogens is 161 g/mol. The summed E-state index contributed by atoms with van der Waals surface area (Å²) in [5.74, 6) is -0.386. The molecule has 1 amide bonds. The third kappa shape index (κ3) is 4.54. The lowest BCUT2D eigenvalue weighted by Crippen LogP contribution is -2.16. The van der Waals surface area contributed by atoms with Gasteiger partial charge in [0, 0.05) is 14.0 Å². The standard InChI is InChI=1S/C3H8NO3PS/c1-3(5)4-8(6,9)7-2/h1-2H3,(H2,4,5,6,9). The Morgan fingerprint density at radius 3 is 2.44 bits per heavy atom. The van der Waals surface area contributed by atoms with Gasteiger partial charge in [-0.1, -0.05) is 0 Å². The Balaban J connectivity index is 3.88. The van der Waals surface area contributed by atoms with Crippen LogP contribution in [0, 0.1) is 0 Å². The first-order valence-corrected chi connectivity index (χ1v) is 4.82. The highest BCUT2D eigenvalue weighted by molar-refractivity contribution is 8.08. The first kappa shape index (κ1) is 9.04. The Hall–Kier alpha value is 0.0400. The smallest absolute Gasteiger partial charge is 0.286 e. The van der Waals surface area contributed by atoms with Crippen molar-refractivity contribution in [3.63, 3.8) is 0 Å². The van der Waals surface area contributed by atoms with Gasteiger partial charge in [0.05, 0.1) is 0 Å². The minimum absolute atomic E-state index is 0.386. The maximum Gasteiger partial charge on any atom is 0.286 e. The molecule has 0 aliphatic heterocycles. The number of hydrogen-bond acceptors (Lipinski definition) is 3. The molecule has 0 aromatic heterocycles. The van der Waals surface area contributed by atoms with Crippen molar-refractivity contribution in [1.82, 2.24) is 5.09 Å². The summed E-state index contributed by atoms with van der Waals surface area (Å²) in [5.41, 5.74) is 0. The minimum atomic E-state index is -3.00. The molecule has 1 unspecified atom stereocenters. The Morgan fingerprint density at radius 2 is 2.33 bits per heavy atom. The average molecular weight is 169 g/mol. The van der Waals surface area contributed by atoms with Crippen LogP contribution in [-0.2, 0) is 21.1 Å². The van der Waals surface area contributed by atoms with Crippen molar-refractivity contribution >= 4 is 24.4 Å². The summed E-state index contributed by atoms with van der Waals surface area (Å²) in [6.45, 7) is -1.74. The highest BCUT2D eigenvalue weighted by Gasteiger charge is 2.10. The van der Waals surface area contributed by atoms with Crippen molar-refractivity contribution in [1.29, 1.82) is 0 Å². The molecule has 0 fully saturated rings. The molecule has 4 nitrogen and oxygen atoms in total. The third-order valence-corrected chi connectivity index (χ3v) is 2.36. The van der Waals surface area contributed by atoms with Gasteiger partial charge in [-0.25, -0.2) is 0 Å². The van der Waals surface area contributed by atoms with Crippen LogP contribution < -0.4 is 5.09 Å². The predicted molar refractivity (Wildman–Crippen MR) is 37.3 cm³/mol. The second kappa shape index (κ2) is 3.27. The van der Waals surface area contributed by atoms with Gasteiger partial charge in [0.25, 0.3) is 6.64 Å². The summed E-state index contributed by atoms with van der Waals surface area (Å²) >= 11 is 4.43. The van der Waals surface area contributed by atoms with Crippen molar-refractivity contribution < 1.29 is 14.2 Å². The van der Waals surface area contributed by atoms with E-state index in [9.17, 15) is 4.79 Å². The van der Waals surface area contributed by atoms with Crippen molar-refractivity contribution in [3.8, 4) is 0 Å². The maximum atomic E-state index is 10.2. The lowest BCUT2D eigenvalue weighted by atomic mass is 10.8. The second-order valence-electron chi connectivity index (χ2n) is 1.37. The quantitative estimate of drug-likeness (QED) is 0.570. The van der Waals surface area contributed by atoms with Crippen molar-refractivity contribution in [2.24, 2.45) is 0 Å². The summed E-state index contributed by atoms with van der Waals surface area (Å²) in [6, 6.07) is 0. The van der Waals surface area contributed by atoms with Crippen molar-refractivity contribution in [2.75, 3.05) is 7.11 Å². The molecule has 0 aromatic rings. The van der Waals surface area contributed by atoms with Gasteiger partial charge in [-0.2, -0.15) is 0 Å². The van der Waals surface area contributed by atoms with Crippen LogP contribution in [-0.4, -0.2) is 17.9 Å². The van der Waals surface area contributed by atoms with E-state index in [2.05, 4.69) is 21.4 Å². The van der Waals surface area contributed by atoms with Gasteiger partial charge in [-0.05, 0) is 11.8 Å². The zero-order valence-electron chi connectivity index (χ0n) is 5.12. The molecule has 0 radical (unpaired) electrons. The highest BCUT2D eigenvalue weighted by Crippen LogP contribution is 2.35. The molecule has 9 heavy (non-hydrogen) atoms. The van der Waals surface area contributed by atoms with E-state index in [1.54, 1.807) is 0 Å². The fraction of sp³-hybridized carbons (Fsp3) is 0.667. The molecule has 54 valence electrons.